The summed E-state index contributed by atoms with van der Waals surface area (Å²) in [6, 6.07) is 19.7. The summed E-state index contributed by atoms with van der Waals surface area (Å²) in [5.41, 5.74) is 2.66. The van der Waals surface area contributed by atoms with Crippen molar-refractivity contribution in [1.82, 2.24) is 5.32 Å². The van der Waals surface area contributed by atoms with Gasteiger partial charge in [-0.25, -0.2) is 0 Å². The van der Waals surface area contributed by atoms with Crippen LogP contribution < -0.4 is 5.32 Å². The van der Waals surface area contributed by atoms with Gasteiger partial charge in [-0.05, 0) is 43.0 Å². The molecule has 2 aromatic carbocycles. The van der Waals surface area contributed by atoms with Gasteiger partial charge in [0.2, 0.25) is 0 Å². The highest BCUT2D eigenvalue weighted by atomic mass is 35.5. The Balaban J connectivity index is 2.00. The molecule has 1 nitrogen and oxygen atoms in total. The molecule has 0 amide bonds. The lowest BCUT2D eigenvalue weighted by Crippen LogP contribution is -2.32. The van der Waals surface area contributed by atoms with Crippen molar-refractivity contribution in [1.29, 1.82) is 0 Å². The zero-order valence-electron chi connectivity index (χ0n) is 12.9. The Morgan fingerprint density at radius 2 is 1.81 bits per heavy atom. The Labute approximate surface area is 133 Å². The highest BCUT2D eigenvalue weighted by Crippen LogP contribution is 2.20. The molecule has 0 aliphatic heterocycles. The van der Waals surface area contributed by atoms with Gasteiger partial charge in [0.15, 0.2) is 0 Å². The van der Waals surface area contributed by atoms with E-state index >= 15 is 0 Å². The number of rotatable bonds is 7. The van der Waals surface area contributed by atoms with Crippen molar-refractivity contribution in [3.8, 4) is 0 Å². The largest absolute Gasteiger partial charge is 0.307 e. The Morgan fingerprint density at radius 3 is 2.48 bits per heavy atom. The van der Waals surface area contributed by atoms with Gasteiger partial charge in [-0.1, -0.05) is 67.4 Å². The van der Waals surface area contributed by atoms with Crippen molar-refractivity contribution in [3.05, 3.63) is 70.7 Å². The highest BCUT2D eigenvalue weighted by molar-refractivity contribution is 6.30. The van der Waals surface area contributed by atoms with Gasteiger partial charge < -0.3 is 5.32 Å². The predicted octanol–water partition coefficient (Wildman–Crippen LogP) is 5.40. The van der Waals surface area contributed by atoms with Gasteiger partial charge in [-0.3, -0.25) is 0 Å². The van der Waals surface area contributed by atoms with Crippen molar-refractivity contribution in [2.75, 3.05) is 0 Å². The molecular weight excluding hydrogens is 278 g/mol. The Morgan fingerprint density at radius 1 is 1.05 bits per heavy atom. The molecule has 1 N–H and O–H groups in total. The first-order chi connectivity index (χ1) is 10.2. The maximum Gasteiger partial charge on any atom is 0.0408 e. The van der Waals surface area contributed by atoms with E-state index in [1.807, 2.05) is 12.1 Å². The minimum atomic E-state index is 0.417. The Hall–Kier alpha value is -1.31. The van der Waals surface area contributed by atoms with Crippen molar-refractivity contribution in [2.24, 2.45) is 0 Å². The lowest BCUT2D eigenvalue weighted by molar-refractivity contribution is 0.429. The monoisotopic (exact) mass is 301 g/mol. The van der Waals surface area contributed by atoms with Crippen LogP contribution in [0.3, 0.4) is 0 Å². The average Bonchev–Trinajstić information content (AvgIpc) is 2.47. The van der Waals surface area contributed by atoms with Crippen molar-refractivity contribution in [2.45, 2.75) is 45.2 Å². The van der Waals surface area contributed by atoms with Crippen LogP contribution in [-0.4, -0.2) is 6.04 Å². The Kier molecular flexibility index (Phi) is 6.28. The van der Waals surface area contributed by atoms with E-state index in [1.165, 1.54) is 17.5 Å². The van der Waals surface area contributed by atoms with Gasteiger partial charge in [0.25, 0.3) is 0 Å². The van der Waals surface area contributed by atoms with Crippen LogP contribution in [0.1, 0.15) is 43.9 Å². The van der Waals surface area contributed by atoms with E-state index in [4.69, 9.17) is 11.6 Å². The summed E-state index contributed by atoms with van der Waals surface area (Å²) in [7, 11) is 0. The topological polar surface area (TPSA) is 12.0 Å². The fourth-order valence-corrected chi connectivity index (χ4v) is 2.95. The maximum atomic E-state index is 6.06. The number of halogens is 1. The number of benzene rings is 2. The second-order valence-corrected chi connectivity index (χ2v) is 6.09. The number of nitrogens with one attached hydrogen (secondary N) is 1. The van der Waals surface area contributed by atoms with E-state index in [9.17, 15) is 0 Å². The molecular formula is C19H24ClN. The fourth-order valence-electron chi connectivity index (χ4n) is 2.74. The minimum Gasteiger partial charge on any atom is -0.307 e. The normalized spacial score (nSPS) is 13.9. The van der Waals surface area contributed by atoms with Crippen molar-refractivity contribution >= 4 is 11.6 Å². The molecule has 0 spiro atoms. The Bertz CT molecular complexity index is 538. The van der Waals surface area contributed by atoms with E-state index in [-0.39, 0.29) is 0 Å². The first-order valence-electron chi connectivity index (χ1n) is 7.74. The van der Waals surface area contributed by atoms with Gasteiger partial charge in [-0.2, -0.15) is 0 Å². The van der Waals surface area contributed by atoms with Crippen molar-refractivity contribution in [3.63, 3.8) is 0 Å². The lowest BCUT2D eigenvalue weighted by atomic mass is 10.00. The third kappa shape index (κ3) is 5.18. The quantitative estimate of drug-likeness (QED) is 0.722. The molecule has 2 aromatic rings. The zero-order chi connectivity index (χ0) is 15.1. The minimum absolute atomic E-state index is 0.417. The summed E-state index contributed by atoms with van der Waals surface area (Å²) in [6.45, 7) is 4.48. The van der Waals surface area contributed by atoms with Gasteiger partial charge in [-0.15, -0.1) is 0 Å². The molecule has 0 fully saturated rings. The van der Waals surface area contributed by atoms with Crippen LogP contribution in [0.5, 0.6) is 0 Å². The molecule has 2 heteroatoms. The second kappa shape index (κ2) is 8.21. The maximum absolute atomic E-state index is 6.06. The molecule has 2 atom stereocenters. The molecule has 0 radical (unpaired) electrons. The van der Waals surface area contributed by atoms with Crippen LogP contribution in [-0.2, 0) is 6.42 Å². The number of hydrogen-bond acceptors (Lipinski definition) is 1. The van der Waals surface area contributed by atoms with Crippen molar-refractivity contribution < 1.29 is 0 Å². The smallest absolute Gasteiger partial charge is 0.0408 e. The fraction of sp³-hybridized carbons (Fsp3) is 0.368. The van der Waals surface area contributed by atoms with Gasteiger partial charge in [0, 0.05) is 17.1 Å². The summed E-state index contributed by atoms with van der Waals surface area (Å²) in [4.78, 5) is 0. The first kappa shape index (κ1) is 16.1. The molecule has 0 saturated heterocycles. The molecule has 0 aliphatic rings. The van der Waals surface area contributed by atoms with E-state index in [0.717, 1.165) is 17.9 Å². The zero-order valence-corrected chi connectivity index (χ0v) is 13.6. The summed E-state index contributed by atoms with van der Waals surface area (Å²) >= 11 is 6.06. The van der Waals surface area contributed by atoms with Gasteiger partial charge >= 0.3 is 0 Å². The molecule has 0 aromatic heterocycles. The van der Waals surface area contributed by atoms with Gasteiger partial charge in [0.05, 0.1) is 0 Å². The molecule has 0 bridgehead atoms. The SMILES string of the molecule is CCCC(NC(C)Cc1cccc(Cl)c1)c1ccccc1. The van der Waals surface area contributed by atoms with Crippen LogP contribution in [0.15, 0.2) is 54.6 Å². The van der Waals surface area contributed by atoms with E-state index in [1.54, 1.807) is 0 Å². The first-order valence-corrected chi connectivity index (χ1v) is 8.12. The van der Waals surface area contributed by atoms with E-state index < -0.39 is 0 Å². The third-order valence-corrected chi connectivity index (χ3v) is 3.93. The summed E-state index contributed by atoms with van der Waals surface area (Å²) < 4.78 is 0. The van der Waals surface area contributed by atoms with Gasteiger partial charge in [0.1, 0.15) is 0 Å². The van der Waals surface area contributed by atoms with Crippen LogP contribution in [0.25, 0.3) is 0 Å². The third-order valence-electron chi connectivity index (χ3n) is 3.70. The molecule has 112 valence electrons. The molecule has 21 heavy (non-hydrogen) atoms. The molecule has 0 saturated carbocycles. The summed E-state index contributed by atoms with van der Waals surface area (Å²) in [5, 5.41) is 4.57. The number of hydrogen-bond donors (Lipinski definition) is 1. The lowest BCUT2D eigenvalue weighted by Gasteiger charge is -2.24. The predicted molar refractivity (Wildman–Crippen MR) is 91.8 cm³/mol. The standard InChI is InChI=1S/C19H24ClN/c1-3-8-19(17-10-5-4-6-11-17)21-15(2)13-16-9-7-12-18(20)14-16/h4-7,9-12,14-15,19,21H,3,8,13H2,1-2H3. The van der Waals surface area contributed by atoms with Crippen LogP contribution in [0, 0.1) is 0 Å². The second-order valence-electron chi connectivity index (χ2n) is 5.65. The van der Waals surface area contributed by atoms with Crippen LogP contribution in [0.4, 0.5) is 0 Å². The van der Waals surface area contributed by atoms with E-state index in [0.29, 0.717) is 12.1 Å². The molecule has 0 heterocycles. The average molecular weight is 302 g/mol. The summed E-state index contributed by atoms with van der Waals surface area (Å²) in [6.07, 6.45) is 3.33. The highest BCUT2D eigenvalue weighted by Gasteiger charge is 2.13. The van der Waals surface area contributed by atoms with E-state index in [2.05, 4.69) is 61.6 Å². The van der Waals surface area contributed by atoms with Crippen LogP contribution >= 0.6 is 11.6 Å². The molecule has 2 rings (SSSR count). The van der Waals surface area contributed by atoms with Crippen LogP contribution in [0.2, 0.25) is 5.02 Å². The molecule has 2 unspecified atom stereocenters. The molecule has 0 aliphatic carbocycles. The summed E-state index contributed by atoms with van der Waals surface area (Å²) in [5.74, 6) is 0.